The first-order valence-corrected chi connectivity index (χ1v) is 8.37. The lowest BCUT2D eigenvalue weighted by Crippen LogP contribution is -2.38. The number of rotatable bonds is 7. The largest absolute Gasteiger partial charge is 0.385 e. The summed E-state index contributed by atoms with van der Waals surface area (Å²) in [6, 6.07) is 0. The standard InChI is InChI=1S/C18H30N2O2/c1-4-5-18(14-17-6-7-19-16(3)15(17)2)22-13-10-20-8-11-21-12-9-20/h4-5,18-19H,3,6-14H2,1-2H3/b5-4-. The van der Waals surface area contributed by atoms with Crippen molar-refractivity contribution in [3.05, 3.63) is 35.6 Å². The molecule has 0 aliphatic carbocycles. The molecule has 2 aliphatic rings. The van der Waals surface area contributed by atoms with Gasteiger partial charge in [0.05, 0.1) is 25.9 Å². The van der Waals surface area contributed by atoms with Crippen LogP contribution in [-0.4, -0.2) is 57.0 Å². The smallest absolute Gasteiger partial charge is 0.0793 e. The minimum absolute atomic E-state index is 0.168. The summed E-state index contributed by atoms with van der Waals surface area (Å²) in [6.45, 7) is 14.8. The second-order valence-electron chi connectivity index (χ2n) is 5.98. The highest BCUT2D eigenvalue weighted by Crippen LogP contribution is 2.24. The van der Waals surface area contributed by atoms with E-state index in [9.17, 15) is 0 Å². The Kier molecular flexibility index (Phi) is 7.16. The summed E-state index contributed by atoms with van der Waals surface area (Å²) < 4.78 is 11.5. The average molecular weight is 306 g/mol. The predicted molar refractivity (Wildman–Crippen MR) is 90.9 cm³/mol. The van der Waals surface area contributed by atoms with Crippen LogP contribution in [0.1, 0.15) is 26.7 Å². The molecule has 0 spiro atoms. The molecular formula is C18H30N2O2. The summed E-state index contributed by atoms with van der Waals surface area (Å²) in [5.41, 5.74) is 3.84. The van der Waals surface area contributed by atoms with Gasteiger partial charge in [-0.25, -0.2) is 0 Å². The van der Waals surface area contributed by atoms with Crippen molar-refractivity contribution in [3.8, 4) is 0 Å². The van der Waals surface area contributed by atoms with Gasteiger partial charge in [-0.05, 0) is 32.3 Å². The Morgan fingerprint density at radius 3 is 2.91 bits per heavy atom. The fraction of sp³-hybridized carbons (Fsp3) is 0.667. The third-order valence-corrected chi connectivity index (χ3v) is 4.45. The van der Waals surface area contributed by atoms with Gasteiger partial charge in [-0.3, -0.25) is 4.90 Å². The van der Waals surface area contributed by atoms with E-state index in [4.69, 9.17) is 9.47 Å². The maximum atomic E-state index is 6.12. The molecule has 4 heteroatoms. The lowest BCUT2D eigenvalue weighted by atomic mass is 9.95. The van der Waals surface area contributed by atoms with Crippen molar-refractivity contribution in [2.45, 2.75) is 32.8 Å². The molecule has 1 N–H and O–H groups in total. The number of ether oxygens (including phenoxy) is 2. The van der Waals surface area contributed by atoms with Crippen molar-refractivity contribution >= 4 is 0 Å². The fourth-order valence-corrected chi connectivity index (χ4v) is 2.95. The maximum absolute atomic E-state index is 6.12. The highest BCUT2D eigenvalue weighted by Gasteiger charge is 2.16. The molecule has 0 aromatic carbocycles. The summed E-state index contributed by atoms with van der Waals surface area (Å²) in [5, 5.41) is 3.32. The summed E-state index contributed by atoms with van der Waals surface area (Å²) in [5.74, 6) is 0. The molecule has 124 valence electrons. The zero-order chi connectivity index (χ0) is 15.8. The van der Waals surface area contributed by atoms with E-state index in [1.54, 1.807) is 0 Å². The van der Waals surface area contributed by atoms with Crippen LogP contribution in [0.2, 0.25) is 0 Å². The van der Waals surface area contributed by atoms with Crippen LogP contribution in [0.3, 0.4) is 0 Å². The van der Waals surface area contributed by atoms with E-state index in [-0.39, 0.29) is 6.10 Å². The SMILES string of the molecule is C=C1NCCC(CC(/C=C\C)OCCN2CCOCC2)=C1C. The molecule has 4 nitrogen and oxygen atoms in total. The van der Waals surface area contributed by atoms with Crippen LogP contribution in [0.15, 0.2) is 35.6 Å². The van der Waals surface area contributed by atoms with E-state index >= 15 is 0 Å². The summed E-state index contributed by atoms with van der Waals surface area (Å²) in [6.07, 6.45) is 6.49. The van der Waals surface area contributed by atoms with Gasteiger partial charge >= 0.3 is 0 Å². The van der Waals surface area contributed by atoms with Crippen LogP contribution in [0, 0.1) is 0 Å². The van der Waals surface area contributed by atoms with Crippen LogP contribution < -0.4 is 5.32 Å². The molecule has 1 saturated heterocycles. The molecule has 0 aromatic rings. The Morgan fingerprint density at radius 1 is 1.41 bits per heavy atom. The van der Waals surface area contributed by atoms with Crippen molar-refractivity contribution < 1.29 is 9.47 Å². The first-order valence-electron chi connectivity index (χ1n) is 8.37. The second-order valence-corrected chi connectivity index (χ2v) is 5.98. The first-order chi connectivity index (χ1) is 10.7. The Hall–Kier alpha value is -1.10. The topological polar surface area (TPSA) is 33.7 Å². The van der Waals surface area contributed by atoms with Gasteiger partial charge < -0.3 is 14.8 Å². The summed E-state index contributed by atoms with van der Waals surface area (Å²) >= 11 is 0. The third-order valence-electron chi connectivity index (χ3n) is 4.45. The Balaban J connectivity index is 1.81. The highest BCUT2D eigenvalue weighted by atomic mass is 16.5. The van der Waals surface area contributed by atoms with Gasteiger partial charge in [-0.15, -0.1) is 0 Å². The van der Waals surface area contributed by atoms with Crippen molar-refractivity contribution in [1.82, 2.24) is 10.2 Å². The van der Waals surface area contributed by atoms with E-state index in [0.29, 0.717) is 0 Å². The van der Waals surface area contributed by atoms with Gasteiger partial charge in [0.2, 0.25) is 0 Å². The predicted octanol–water partition coefficient (Wildman–Crippen LogP) is 2.49. The van der Waals surface area contributed by atoms with E-state index in [1.165, 1.54) is 11.1 Å². The molecule has 0 aromatic heterocycles. The number of hydrogen-bond acceptors (Lipinski definition) is 4. The van der Waals surface area contributed by atoms with Crippen LogP contribution in [0.5, 0.6) is 0 Å². The van der Waals surface area contributed by atoms with Crippen molar-refractivity contribution in [2.75, 3.05) is 46.0 Å². The van der Waals surface area contributed by atoms with E-state index in [2.05, 4.69) is 42.8 Å². The number of allylic oxidation sites excluding steroid dienone is 2. The Bertz CT molecular complexity index is 423. The normalized spacial score (nSPS) is 22.2. The lowest BCUT2D eigenvalue weighted by Gasteiger charge is -2.28. The zero-order valence-corrected chi connectivity index (χ0v) is 14.1. The maximum Gasteiger partial charge on any atom is 0.0793 e. The molecule has 0 bridgehead atoms. The molecule has 2 aliphatic heterocycles. The number of nitrogens with zero attached hydrogens (tertiary/aromatic N) is 1. The molecule has 2 rings (SSSR count). The zero-order valence-electron chi connectivity index (χ0n) is 14.1. The lowest BCUT2D eigenvalue weighted by molar-refractivity contribution is 0.0113. The van der Waals surface area contributed by atoms with Crippen molar-refractivity contribution in [2.24, 2.45) is 0 Å². The van der Waals surface area contributed by atoms with Crippen LogP contribution in [0.4, 0.5) is 0 Å². The molecular weight excluding hydrogens is 276 g/mol. The van der Waals surface area contributed by atoms with E-state index < -0.39 is 0 Å². The molecule has 2 heterocycles. The molecule has 1 fully saturated rings. The molecule has 1 atom stereocenters. The van der Waals surface area contributed by atoms with Crippen molar-refractivity contribution in [1.29, 1.82) is 0 Å². The van der Waals surface area contributed by atoms with Crippen LogP contribution in [-0.2, 0) is 9.47 Å². The minimum Gasteiger partial charge on any atom is -0.385 e. The monoisotopic (exact) mass is 306 g/mol. The summed E-state index contributed by atoms with van der Waals surface area (Å²) in [4.78, 5) is 2.41. The molecule has 22 heavy (non-hydrogen) atoms. The number of nitrogens with one attached hydrogen (secondary N) is 1. The molecule has 0 radical (unpaired) electrons. The second kappa shape index (κ2) is 9.13. The van der Waals surface area contributed by atoms with Crippen LogP contribution in [0.25, 0.3) is 0 Å². The van der Waals surface area contributed by atoms with Gasteiger partial charge in [-0.1, -0.05) is 24.3 Å². The van der Waals surface area contributed by atoms with E-state index in [0.717, 1.165) is 64.5 Å². The van der Waals surface area contributed by atoms with Gasteiger partial charge in [0, 0.05) is 31.9 Å². The minimum atomic E-state index is 0.168. The van der Waals surface area contributed by atoms with Gasteiger partial charge in [-0.2, -0.15) is 0 Å². The Labute approximate surface area is 134 Å². The van der Waals surface area contributed by atoms with Crippen molar-refractivity contribution in [3.63, 3.8) is 0 Å². The highest BCUT2D eigenvalue weighted by molar-refractivity contribution is 5.33. The van der Waals surface area contributed by atoms with Gasteiger partial charge in [0.15, 0.2) is 0 Å². The molecule has 1 unspecified atom stereocenters. The van der Waals surface area contributed by atoms with E-state index in [1.807, 2.05) is 0 Å². The average Bonchev–Trinajstić information content (AvgIpc) is 2.53. The molecule has 0 saturated carbocycles. The van der Waals surface area contributed by atoms with Gasteiger partial charge in [0.25, 0.3) is 0 Å². The van der Waals surface area contributed by atoms with Gasteiger partial charge in [0.1, 0.15) is 0 Å². The third kappa shape index (κ3) is 5.27. The quantitative estimate of drug-likeness (QED) is 0.733. The number of morpholine rings is 1. The number of hydrogen-bond donors (Lipinski definition) is 1. The molecule has 0 amide bonds. The first kappa shape index (κ1) is 17.3. The Morgan fingerprint density at radius 2 is 2.18 bits per heavy atom. The summed E-state index contributed by atoms with van der Waals surface area (Å²) in [7, 11) is 0. The fourth-order valence-electron chi connectivity index (χ4n) is 2.95. The van der Waals surface area contributed by atoms with Crippen LogP contribution >= 0.6 is 0 Å².